The Balaban J connectivity index is 0.000000592. The quantitative estimate of drug-likeness (QED) is 0.578. The first-order chi connectivity index (χ1) is 14.3. The average molecular weight is 472 g/mol. The molecule has 1 aromatic heterocycles. The number of likely N-dealkylation sites (N-methyl/N-ethyl adjacent to an activating group) is 1. The minimum atomic E-state index is -5.08. The second-order valence-corrected chi connectivity index (χ2v) is 9.47. The van der Waals surface area contributed by atoms with Crippen molar-refractivity contribution in [2.45, 2.75) is 25.7 Å². The fourth-order valence-corrected chi connectivity index (χ4v) is 3.41. The number of aliphatic carboxylic acids is 1. The Morgan fingerprint density at radius 3 is 2.48 bits per heavy atom. The van der Waals surface area contributed by atoms with Crippen molar-refractivity contribution < 1.29 is 41.0 Å². The van der Waals surface area contributed by atoms with E-state index in [9.17, 15) is 26.4 Å². The lowest BCUT2D eigenvalue weighted by atomic mass is 10.2. The van der Waals surface area contributed by atoms with Crippen molar-refractivity contribution in [3.63, 3.8) is 0 Å². The van der Waals surface area contributed by atoms with E-state index in [4.69, 9.17) is 14.6 Å². The van der Waals surface area contributed by atoms with Gasteiger partial charge in [0.2, 0.25) is 5.91 Å². The number of hydrogen-bond acceptors (Lipinski definition) is 7. The van der Waals surface area contributed by atoms with Crippen molar-refractivity contribution >= 4 is 21.7 Å². The average Bonchev–Trinajstić information content (AvgIpc) is 3.14. The van der Waals surface area contributed by atoms with Gasteiger partial charge in [0, 0.05) is 45.7 Å². The number of alkyl halides is 3. The van der Waals surface area contributed by atoms with E-state index >= 15 is 0 Å². The van der Waals surface area contributed by atoms with Gasteiger partial charge < -0.3 is 14.7 Å². The van der Waals surface area contributed by atoms with Crippen molar-refractivity contribution in [2.75, 3.05) is 51.9 Å². The van der Waals surface area contributed by atoms with E-state index in [1.165, 1.54) is 4.90 Å². The fourth-order valence-electron chi connectivity index (χ4n) is 2.58. The summed E-state index contributed by atoms with van der Waals surface area (Å²) in [6.45, 7) is 3.89. The van der Waals surface area contributed by atoms with Gasteiger partial charge >= 0.3 is 12.1 Å². The van der Waals surface area contributed by atoms with E-state index in [0.717, 1.165) is 5.69 Å². The van der Waals surface area contributed by atoms with E-state index in [1.54, 1.807) is 27.2 Å². The Bertz CT molecular complexity index is 841. The number of aromatic nitrogens is 2. The van der Waals surface area contributed by atoms with Crippen molar-refractivity contribution in [1.82, 2.24) is 19.6 Å². The van der Waals surface area contributed by atoms with Crippen molar-refractivity contribution in [3.05, 3.63) is 18.0 Å². The van der Waals surface area contributed by atoms with Crippen LogP contribution in [0, 0.1) is 0 Å². The first-order valence-electron chi connectivity index (χ1n) is 9.30. The predicted octanol–water partition coefficient (Wildman–Crippen LogP) is 0.413. The summed E-state index contributed by atoms with van der Waals surface area (Å²) in [6, 6.07) is 1.90. The number of amides is 1. The van der Waals surface area contributed by atoms with E-state index < -0.39 is 22.0 Å². The molecular formula is C17H27F3N4O6S. The number of hydrogen-bond donors (Lipinski definition) is 1. The first kappa shape index (κ1) is 26.8. The third-order valence-corrected chi connectivity index (χ3v) is 6.07. The number of nitrogens with zero attached hydrogens (tertiary/aromatic N) is 4. The number of carbonyl (C=O) groups is 2. The van der Waals surface area contributed by atoms with Gasteiger partial charge in [-0.2, -0.15) is 18.3 Å². The summed E-state index contributed by atoms with van der Waals surface area (Å²) >= 11 is 0. The molecule has 0 spiro atoms. The summed E-state index contributed by atoms with van der Waals surface area (Å²) in [5, 5.41) is 11.5. The van der Waals surface area contributed by atoms with E-state index in [-0.39, 0.29) is 30.1 Å². The highest BCUT2D eigenvalue weighted by Gasteiger charge is 2.38. The van der Waals surface area contributed by atoms with Gasteiger partial charge in [0.1, 0.15) is 6.61 Å². The highest BCUT2D eigenvalue weighted by molar-refractivity contribution is 7.91. The molecule has 178 valence electrons. The van der Waals surface area contributed by atoms with Gasteiger partial charge in [-0.05, 0) is 6.07 Å². The normalized spacial score (nSPS) is 16.8. The van der Waals surface area contributed by atoms with Gasteiger partial charge in [0.25, 0.3) is 0 Å². The second-order valence-electron chi connectivity index (χ2n) is 7.00. The molecule has 0 saturated carbocycles. The van der Waals surface area contributed by atoms with E-state index in [0.29, 0.717) is 26.2 Å². The van der Waals surface area contributed by atoms with Crippen LogP contribution in [0.2, 0.25) is 0 Å². The Morgan fingerprint density at radius 2 is 1.97 bits per heavy atom. The number of fused-ring (bicyclic) bond motifs is 1. The molecule has 0 aliphatic carbocycles. The molecule has 10 nitrogen and oxygen atoms in total. The molecule has 1 amide bonds. The van der Waals surface area contributed by atoms with Gasteiger partial charge in [-0.1, -0.05) is 6.92 Å². The SMILES string of the molecule is CCS(=O)(=O)CCN1Cc2ccnn2C(COCC(=O)N(C)C)C1.O=C(O)C(F)(F)F. The maximum absolute atomic E-state index is 11.7. The highest BCUT2D eigenvalue weighted by Crippen LogP contribution is 2.20. The Hall–Kier alpha value is -2.19. The zero-order valence-corrected chi connectivity index (χ0v) is 18.3. The predicted molar refractivity (Wildman–Crippen MR) is 104 cm³/mol. The van der Waals surface area contributed by atoms with Crippen molar-refractivity contribution in [2.24, 2.45) is 0 Å². The molecule has 0 bridgehead atoms. The van der Waals surface area contributed by atoms with Gasteiger partial charge in [0.15, 0.2) is 9.84 Å². The first-order valence-corrected chi connectivity index (χ1v) is 11.1. The van der Waals surface area contributed by atoms with Crippen LogP contribution in [0.15, 0.2) is 12.3 Å². The number of ether oxygens (including phenoxy) is 1. The number of sulfone groups is 1. The second kappa shape index (κ2) is 11.4. The lowest BCUT2D eigenvalue weighted by Gasteiger charge is -2.33. The molecule has 1 aliphatic heterocycles. The van der Waals surface area contributed by atoms with Crippen LogP contribution in [0.5, 0.6) is 0 Å². The number of carboxylic acids is 1. The number of halogens is 3. The monoisotopic (exact) mass is 472 g/mol. The molecule has 0 aromatic carbocycles. The molecular weight excluding hydrogens is 445 g/mol. The fraction of sp³-hybridized carbons (Fsp3) is 0.706. The molecule has 1 unspecified atom stereocenters. The molecule has 2 rings (SSSR count). The topological polar surface area (TPSA) is 122 Å². The molecule has 0 fully saturated rings. The Kier molecular flexibility index (Phi) is 9.90. The zero-order chi connectivity index (χ0) is 23.8. The molecule has 2 heterocycles. The molecule has 1 aliphatic rings. The van der Waals surface area contributed by atoms with E-state index in [2.05, 4.69) is 10.00 Å². The van der Waals surface area contributed by atoms with Crippen LogP contribution in [0.3, 0.4) is 0 Å². The van der Waals surface area contributed by atoms with Gasteiger partial charge in [-0.3, -0.25) is 14.4 Å². The third-order valence-electron chi connectivity index (χ3n) is 4.39. The summed E-state index contributed by atoms with van der Waals surface area (Å²) in [7, 11) is 0.393. The molecule has 1 atom stereocenters. The minimum absolute atomic E-state index is 0.0250. The molecule has 0 saturated heterocycles. The van der Waals surface area contributed by atoms with Crippen LogP contribution < -0.4 is 0 Å². The third kappa shape index (κ3) is 9.23. The largest absolute Gasteiger partial charge is 0.490 e. The van der Waals surface area contributed by atoms with Crippen molar-refractivity contribution in [1.29, 1.82) is 0 Å². The summed E-state index contributed by atoms with van der Waals surface area (Å²) < 4.78 is 62.6. The Morgan fingerprint density at radius 1 is 1.35 bits per heavy atom. The summed E-state index contributed by atoms with van der Waals surface area (Å²) in [5.74, 6) is -2.52. The molecule has 0 radical (unpaired) electrons. The minimum Gasteiger partial charge on any atom is -0.475 e. The van der Waals surface area contributed by atoms with Crippen LogP contribution in [-0.2, 0) is 30.7 Å². The van der Waals surface area contributed by atoms with Gasteiger partial charge in [0.05, 0.1) is 24.1 Å². The standard InChI is InChI=1S/C15H26N4O4S.C2HF3O2/c1-4-24(21,22)8-7-18-9-13-5-6-16-19(13)14(10-18)11-23-12-15(20)17(2)3;3-2(4,5)1(6)7/h5-6,14H,4,7-12H2,1-3H3;(H,6,7). The number of carboxylic acid groups (broad SMARTS) is 1. The lowest BCUT2D eigenvalue weighted by Crippen LogP contribution is -2.42. The summed E-state index contributed by atoms with van der Waals surface area (Å²) in [5.41, 5.74) is 1.03. The molecule has 1 N–H and O–H groups in total. The molecule has 14 heteroatoms. The van der Waals surface area contributed by atoms with Gasteiger partial charge in [-0.15, -0.1) is 0 Å². The smallest absolute Gasteiger partial charge is 0.475 e. The van der Waals surface area contributed by atoms with Crippen LogP contribution in [0.25, 0.3) is 0 Å². The highest BCUT2D eigenvalue weighted by atomic mass is 32.2. The number of rotatable bonds is 8. The van der Waals surface area contributed by atoms with Crippen LogP contribution in [-0.4, -0.2) is 103 Å². The van der Waals surface area contributed by atoms with Gasteiger partial charge in [-0.25, -0.2) is 13.2 Å². The maximum Gasteiger partial charge on any atom is 0.490 e. The van der Waals surface area contributed by atoms with Crippen LogP contribution in [0.1, 0.15) is 18.7 Å². The molecule has 1 aromatic rings. The van der Waals surface area contributed by atoms with Crippen LogP contribution in [0.4, 0.5) is 13.2 Å². The summed E-state index contributed by atoms with van der Waals surface area (Å²) in [6.07, 6.45) is -3.35. The van der Waals surface area contributed by atoms with Crippen molar-refractivity contribution in [3.8, 4) is 0 Å². The van der Waals surface area contributed by atoms with Crippen LogP contribution >= 0.6 is 0 Å². The van der Waals surface area contributed by atoms with E-state index in [1.807, 2.05) is 10.7 Å². The zero-order valence-electron chi connectivity index (χ0n) is 17.5. The Labute approximate surface area is 178 Å². The summed E-state index contributed by atoms with van der Waals surface area (Å²) in [4.78, 5) is 24.1. The lowest BCUT2D eigenvalue weighted by molar-refractivity contribution is -0.192. The number of carbonyl (C=O) groups excluding carboxylic acids is 1. The molecule has 31 heavy (non-hydrogen) atoms. The maximum atomic E-state index is 11.7.